The predicted molar refractivity (Wildman–Crippen MR) is 67.0 cm³/mol. The smallest absolute Gasteiger partial charge is 0.244 e. The van der Waals surface area contributed by atoms with Gasteiger partial charge in [-0.1, -0.05) is 12.1 Å². The molecule has 1 heterocycles. The summed E-state index contributed by atoms with van der Waals surface area (Å²) in [7, 11) is 3.50. The fourth-order valence-electron chi connectivity index (χ4n) is 2.18. The highest BCUT2D eigenvalue weighted by Gasteiger charge is 2.31. The molecule has 1 saturated heterocycles. The van der Waals surface area contributed by atoms with E-state index in [9.17, 15) is 4.79 Å². The Morgan fingerprint density at radius 1 is 1.53 bits per heavy atom. The maximum atomic E-state index is 12.0. The van der Waals surface area contributed by atoms with E-state index in [4.69, 9.17) is 4.74 Å². The van der Waals surface area contributed by atoms with Crippen molar-refractivity contribution in [2.24, 2.45) is 0 Å². The number of rotatable bonds is 4. The lowest BCUT2D eigenvalue weighted by molar-refractivity contribution is -0.118. The molecule has 4 nitrogen and oxygen atoms in total. The molecule has 1 atom stereocenters. The van der Waals surface area contributed by atoms with Crippen molar-refractivity contribution in [1.29, 1.82) is 0 Å². The lowest BCUT2D eigenvalue weighted by Gasteiger charge is -2.17. The van der Waals surface area contributed by atoms with E-state index in [1.54, 1.807) is 7.11 Å². The monoisotopic (exact) mass is 234 g/mol. The van der Waals surface area contributed by atoms with Gasteiger partial charge >= 0.3 is 0 Å². The third-order valence-corrected chi connectivity index (χ3v) is 3.09. The molecule has 1 N–H and O–H groups in total. The minimum atomic E-state index is -0.0407. The van der Waals surface area contributed by atoms with E-state index in [0.29, 0.717) is 6.61 Å². The molecule has 1 aromatic rings. The van der Waals surface area contributed by atoms with E-state index in [-0.39, 0.29) is 11.9 Å². The molecule has 0 saturated carbocycles. The number of hydrogen-bond acceptors (Lipinski definition) is 3. The quantitative estimate of drug-likeness (QED) is 0.850. The lowest BCUT2D eigenvalue weighted by Crippen LogP contribution is -2.36. The summed E-state index contributed by atoms with van der Waals surface area (Å²) in [4.78, 5) is 13.9. The van der Waals surface area contributed by atoms with Crippen LogP contribution in [0.3, 0.4) is 0 Å². The van der Waals surface area contributed by atoms with Gasteiger partial charge in [0, 0.05) is 19.3 Å². The van der Waals surface area contributed by atoms with E-state index >= 15 is 0 Å². The van der Waals surface area contributed by atoms with E-state index in [1.165, 1.54) is 0 Å². The van der Waals surface area contributed by atoms with Crippen LogP contribution >= 0.6 is 0 Å². The highest BCUT2D eigenvalue weighted by atomic mass is 16.5. The molecule has 1 fully saturated rings. The van der Waals surface area contributed by atoms with Gasteiger partial charge in [-0.25, -0.2) is 0 Å². The molecule has 1 aliphatic rings. The van der Waals surface area contributed by atoms with Crippen LogP contribution in [0.15, 0.2) is 24.3 Å². The maximum Gasteiger partial charge on any atom is 0.244 e. The van der Waals surface area contributed by atoms with Crippen molar-refractivity contribution in [1.82, 2.24) is 5.32 Å². The van der Waals surface area contributed by atoms with Crippen LogP contribution in [0, 0.1) is 0 Å². The fraction of sp³-hybridized carbons (Fsp3) is 0.462. The van der Waals surface area contributed by atoms with Gasteiger partial charge in [0.05, 0.1) is 12.6 Å². The van der Waals surface area contributed by atoms with Gasteiger partial charge in [-0.3, -0.25) is 4.79 Å². The predicted octanol–water partition coefficient (Wildman–Crippen LogP) is 1.16. The van der Waals surface area contributed by atoms with Crippen LogP contribution in [-0.4, -0.2) is 32.7 Å². The van der Waals surface area contributed by atoms with Gasteiger partial charge in [-0.15, -0.1) is 0 Å². The summed E-state index contributed by atoms with van der Waals surface area (Å²) in [6.45, 7) is 1.35. The Labute approximate surface area is 102 Å². The van der Waals surface area contributed by atoms with Gasteiger partial charge in [0.15, 0.2) is 0 Å². The minimum Gasteiger partial charge on any atom is -0.380 e. The number of amides is 1. The molecular weight excluding hydrogens is 216 g/mol. The second-order valence-corrected chi connectivity index (χ2v) is 4.22. The topological polar surface area (TPSA) is 41.6 Å². The highest BCUT2D eigenvalue weighted by molar-refractivity contribution is 5.99. The Hall–Kier alpha value is -1.39. The maximum absolute atomic E-state index is 12.0. The number of anilines is 1. The van der Waals surface area contributed by atoms with Crippen LogP contribution < -0.4 is 10.2 Å². The van der Waals surface area contributed by atoms with Crippen molar-refractivity contribution in [3.63, 3.8) is 0 Å². The molecule has 92 valence electrons. The van der Waals surface area contributed by atoms with Crippen LogP contribution in [-0.2, 0) is 16.1 Å². The van der Waals surface area contributed by atoms with Gasteiger partial charge in [-0.05, 0) is 31.2 Å². The summed E-state index contributed by atoms with van der Waals surface area (Å²) in [6, 6.07) is 7.91. The zero-order chi connectivity index (χ0) is 12.3. The Morgan fingerprint density at radius 2 is 2.35 bits per heavy atom. The van der Waals surface area contributed by atoms with Crippen LogP contribution in [0.5, 0.6) is 0 Å². The highest BCUT2D eigenvalue weighted by Crippen LogP contribution is 2.22. The number of likely N-dealkylation sites (N-methyl/N-ethyl adjacent to an activating group) is 1. The largest absolute Gasteiger partial charge is 0.380 e. The normalized spacial score (nSPS) is 20.0. The van der Waals surface area contributed by atoms with Gasteiger partial charge < -0.3 is 15.0 Å². The average molecular weight is 234 g/mol. The first-order chi connectivity index (χ1) is 8.26. The molecule has 1 aromatic carbocycles. The van der Waals surface area contributed by atoms with Crippen molar-refractivity contribution in [2.75, 3.05) is 25.6 Å². The molecule has 0 aliphatic carbocycles. The number of hydrogen-bond donors (Lipinski definition) is 1. The number of benzene rings is 1. The molecule has 1 aliphatic heterocycles. The molecule has 4 heteroatoms. The van der Waals surface area contributed by atoms with Crippen molar-refractivity contribution < 1.29 is 9.53 Å². The van der Waals surface area contributed by atoms with Gasteiger partial charge in [0.25, 0.3) is 0 Å². The summed E-state index contributed by atoms with van der Waals surface area (Å²) in [5.41, 5.74) is 2.05. The molecule has 0 spiro atoms. The third-order valence-electron chi connectivity index (χ3n) is 3.09. The number of carbonyl (C=O) groups excluding carboxylic acids is 1. The molecule has 1 amide bonds. The van der Waals surface area contributed by atoms with Gasteiger partial charge in [-0.2, -0.15) is 0 Å². The molecule has 17 heavy (non-hydrogen) atoms. The van der Waals surface area contributed by atoms with Crippen molar-refractivity contribution in [3.05, 3.63) is 29.8 Å². The summed E-state index contributed by atoms with van der Waals surface area (Å²) >= 11 is 0. The minimum absolute atomic E-state index is 0.0407. The zero-order valence-corrected chi connectivity index (χ0v) is 10.3. The zero-order valence-electron chi connectivity index (χ0n) is 10.3. The van der Waals surface area contributed by atoms with Crippen molar-refractivity contribution in [2.45, 2.75) is 19.1 Å². The first kappa shape index (κ1) is 12.1. The summed E-state index contributed by atoms with van der Waals surface area (Å²) < 4.78 is 5.10. The van der Waals surface area contributed by atoms with E-state index in [0.717, 1.165) is 24.2 Å². The molecule has 2 rings (SSSR count). The van der Waals surface area contributed by atoms with Gasteiger partial charge in [0.2, 0.25) is 5.91 Å². The van der Waals surface area contributed by atoms with Crippen LogP contribution in [0.4, 0.5) is 5.69 Å². The first-order valence-electron chi connectivity index (χ1n) is 5.83. The van der Waals surface area contributed by atoms with E-state index in [2.05, 4.69) is 5.32 Å². The number of nitrogens with zero attached hydrogens (tertiary/aromatic N) is 1. The number of carbonyl (C=O) groups is 1. The number of methoxy groups -OCH3 is 1. The lowest BCUT2D eigenvalue weighted by atomic mass is 10.2. The standard InChI is InChI=1S/C13H18N2O2/c1-14-12-6-7-15(13(12)16)11-5-3-4-10(8-11)9-17-2/h3-5,8,12,14H,6-7,9H2,1-2H3. The molecule has 0 radical (unpaired) electrons. The Bertz CT molecular complexity index is 406. The van der Waals surface area contributed by atoms with Crippen LogP contribution in [0.25, 0.3) is 0 Å². The molecule has 1 unspecified atom stereocenters. The molecule has 0 bridgehead atoms. The first-order valence-corrected chi connectivity index (χ1v) is 5.83. The number of ether oxygens (including phenoxy) is 1. The Kier molecular flexibility index (Phi) is 3.76. The van der Waals surface area contributed by atoms with Gasteiger partial charge in [0.1, 0.15) is 0 Å². The average Bonchev–Trinajstić information content (AvgIpc) is 2.71. The van der Waals surface area contributed by atoms with Crippen molar-refractivity contribution >= 4 is 11.6 Å². The summed E-state index contributed by atoms with van der Waals surface area (Å²) in [5, 5.41) is 3.04. The summed E-state index contributed by atoms with van der Waals surface area (Å²) in [6.07, 6.45) is 0.865. The molecule has 0 aromatic heterocycles. The second-order valence-electron chi connectivity index (χ2n) is 4.22. The van der Waals surface area contributed by atoms with E-state index in [1.807, 2.05) is 36.2 Å². The van der Waals surface area contributed by atoms with Crippen molar-refractivity contribution in [3.8, 4) is 0 Å². The Morgan fingerprint density at radius 3 is 3.00 bits per heavy atom. The van der Waals surface area contributed by atoms with Crippen LogP contribution in [0.1, 0.15) is 12.0 Å². The number of nitrogens with one attached hydrogen (secondary N) is 1. The van der Waals surface area contributed by atoms with E-state index < -0.39 is 0 Å². The Balaban J connectivity index is 2.17. The molecular formula is C13H18N2O2. The summed E-state index contributed by atoms with van der Waals surface area (Å²) in [5.74, 6) is 0.155. The fourth-order valence-corrected chi connectivity index (χ4v) is 2.18. The second kappa shape index (κ2) is 5.29. The third kappa shape index (κ3) is 2.48. The van der Waals surface area contributed by atoms with Crippen LogP contribution in [0.2, 0.25) is 0 Å². The SMILES string of the molecule is CNC1CCN(c2cccc(COC)c2)C1=O.